The fourth-order valence-corrected chi connectivity index (χ4v) is 1.97. The first kappa shape index (κ1) is 12.3. The molecule has 2 aromatic carbocycles. The summed E-state index contributed by atoms with van der Waals surface area (Å²) in [5.74, 6) is -0.985. The minimum Gasteiger partial charge on any atom is -0.479 e. The van der Waals surface area contributed by atoms with Crippen LogP contribution in [0.4, 0.5) is 0 Å². The lowest BCUT2D eigenvalue weighted by Crippen LogP contribution is -2.14. The van der Waals surface area contributed by atoms with Crippen LogP contribution in [-0.2, 0) is 9.53 Å². The van der Waals surface area contributed by atoms with E-state index in [9.17, 15) is 9.90 Å². The van der Waals surface area contributed by atoms with Crippen molar-refractivity contribution < 1.29 is 14.6 Å². The first-order valence-corrected chi connectivity index (χ1v) is 5.64. The molecule has 1 atom stereocenters. The number of carboxylic acids is 1. The van der Waals surface area contributed by atoms with Crippen LogP contribution in [-0.4, -0.2) is 18.2 Å². The van der Waals surface area contributed by atoms with E-state index in [4.69, 9.17) is 4.74 Å². The fraction of sp³-hybridized carbons (Fsp3) is 0.133. The molecule has 0 heterocycles. The maximum absolute atomic E-state index is 11.2. The first-order valence-electron chi connectivity index (χ1n) is 5.64. The minimum atomic E-state index is -0.985. The number of benzene rings is 2. The molecule has 2 aromatic rings. The second kappa shape index (κ2) is 5.47. The summed E-state index contributed by atoms with van der Waals surface area (Å²) < 4.78 is 5.06. The summed E-state index contributed by atoms with van der Waals surface area (Å²) in [5.41, 5.74) is 2.53. The van der Waals surface area contributed by atoms with Gasteiger partial charge in [0.2, 0.25) is 0 Å². The predicted octanol–water partition coefficient (Wildman–Crippen LogP) is 3.13. The third-order valence-corrected chi connectivity index (χ3v) is 2.79. The summed E-state index contributed by atoms with van der Waals surface area (Å²) in [7, 11) is 1.40. The lowest BCUT2D eigenvalue weighted by Gasteiger charge is -2.15. The number of carbonyl (C=O) groups is 1. The normalized spacial score (nSPS) is 12.1. The monoisotopic (exact) mass is 242 g/mol. The number of ether oxygens (including phenoxy) is 1. The molecule has 0 fully saturated rings. The summed E-state index contributed by atoms with van der Waals surface area (Å²) in [6.45, 7) is 0. The van der Waals surface area contributed by atoms with Crippen molar-refractivity contribution in [2.75, 3.05) is 7.11 Å². The fourth-order valence-electron chi connectivity index (χ4n) is 1.97. The van der Waals surface area contributed by atoms with Crippen molar-refractivity contribution in [1.29, 1.82) is 0 Å². The zero-order chi connectivity index (χ0) is 13.0. The maximum Gasteiger partial charge on any atom is 0.337 e. The van der Waals surface area contributed by atoms with Gasteiger partial charge < -0.3 is 9.84 Å². The van der Waals surface area contributed by atoms with Crippen LogP contribution in [0, 0.1) is 0 Å². The van der Waals surface area contributed by atoms with Gasteiger partial charge in [0.25, 0.3) is 0 Å². The van der Waals surface area contributed by atoms with Crippen LogP contribution in [0.15, 0.2) is 54.6 Å². The third kappa shape index (κ3) is 2.41. The Balaban J connectivity index is 2.53. The number of methoxy groups -OCH3 is 1. The first-order chi connectivity index (χ1) is 8.74. The molecule has 0 spiro atoms. The van der Waals surface area contributed by atoms with E-state index in [0.29, 0.717) is 5.56 Å². The van der Waals surface area contributed by atoms with Crippen molar-refractivity contribution in [3.8, 4) is 11.1 Å². The van der Waals surface area contributed by atoms with Crippen LogP contribution in [0.3, 0.4) is 0 Å². The summed E-state index contributed by atoms with van der Waals surface area (Å²) in [6, 6.07) is 17.1. The molecule has 3 nitrogen and oxygen atoms in total. The summed E-state index contributed by atoms with van der Waals surface area (Å²) in [5, 5.41) is 9.17. The summed E-state index contributed by atoms with van der Waals surface area (Å²) >= 11 is 0. The average Bonchev–Trinajstić information content (AvgIpc) is 2.41. The highest BCUT2D eigenvalue weighted by Gasteiger charge is 2.22. The molecule has 0 aliphatic rings. The van der Waals surface area contributed by atoms with E-state index in [1.165, 1.54) is 7.11 Å². The van der Waals surface area contributed by atoms with Gasteiger partial charge >= 0.3 is 5.97 Å². The Hall–Kier alpha value is -2.13. The van der Waals surface area contributed by atoms with Gasteiger partial charge in [-0.1, -0.05) is 54.6 Å². The Bertz CT molecular complexity index is 534. The zero-order valence-corrected chi connectivity index (χ0v) is 10.0. The summed E-state index contributed by atoms with van der Waals surface area (Å²) in [6.07, 6.45) is -0.943. The van der Waals surface area contributed by atoms with Crippen LogP contribution in [0.1, 0.15) is 11.7 Å². The molecule has 1 N–H and O–H groups in total. The van der Waals surface area contributed by atoms with Crippen LogP contribution < -0.4 is 0 Å². The van der Waals surface area contributed by atoms with Crippen molar-refractivity contribution >= 4 is 5.97 Å². The topological polar surface area (TPSA) is 46.5 Å². The number of carboxylic acid groups (broad SMARTS) is 1. The predicted molar refractivity (Wildman–Crippen MR) is 69.3 cm³/mol. The molecule has 0 bridgehead atoms. The molecule has 0 amide bonds. The van der Waals surface area contributed by atoms with Crippen molar-refractivity contribution in [3.63, 3.8) is 0 Å². The Morgan fingerprint density at radius 3 is 2.28 bits per heavy atom. The highest BCUT2D eigenvalue weighted by molar-refractivity contribution is 5.79. The van der Waals surface area contributed by atoms with E-state index in [1.54, 1.807) is 6.07 Å². The molecule has 92 valence electrons. The van der Waals surface area contributed by atoms with E-state index < -0.39 is 12.1 Å². The van der Waals surface area contributed by atoms with Gasteiger partial charge in [0, 0.05) is 7.11 Å². The molecule has 2 rings (SSSR count). The van der Waals surface area contributed by atoms with Crippen molar-refractivity contribution in [2.45, 2.75) is 6.10 Å². The van der Waals surface area contributed by atoms with Crippen molar-refractivity contribution in [1.82, 2.24) is 0 Å². The Labute approximate surface area is 106 Å². The molecule has 0 aliphatic heterocycles. The molecule has 0 saturated heterocycles. The standard InChI is InChI=1S/C15H14O3/c1-18-14(15(16)17)13-10-6-5-9-12(13)11-7-3-2-4-8-11/h2-10,14H,1H3,(H,16,17). The lowest BCUT2D eigenvalue weighted by molar-refractivity contribution is -0.148. The minimum absolute atomic E-state index is 0.665. The molecule has 1 unspecified atom stereocenters. The van der Waals surface area contributed by atoms with E-state index in [0.717, 1.165) is 11.1 Å². The molecule has 0 saturated carbocycles. The number of rotatable bonds is 4. The molecule has 0 radical (unpaired) electrons. The van der Waals surface area contributed by atoms with E-state index in [2.05, 4.69) is 0 Å². The van der Waals surface area contributed by atoms with Crippen molar-refractivity contribution in [2.24, 2.45) is 0 Å². The SMILES string of the molecule is COC(C(=O)O)c1ccccc1-c1ccccc1. The lowest BCUT2D eigenvalue weighted by atomic mass is 9.96. The highest BCUT2D eigenvalue weighted by atomic mass is 16.5. The van der Waals surface area contributed by atoms with Gasteiger partial charge in [0.1, 0.15) is 0 Å². The van der Waals surface area contributed by atoms with Crippen LogP contribution >= 0.6 is 0 Å². The van der Waals surface area contributed by atoms with Gasteiger partial charge in [0.15, 0.2) is 6.10 Å². The largest absolute Gasteiger partial charge is 0.479 e. The Kier molecular flexibility index (Phi) is 3.75. The van der Waals surface area contributed by atoms with Gasteiger partial charge in [-0.2, -0.15) is 0 Å². The van der Waals surface area contributed by atoms with Crippen LogP contribution in [0.2, 0.25) is 0 Å². The van der Waals surface area contributed by atoms with Gasteiger partial charge in [0.05, 0.1) is 0 Å². The Morgan fingerprint density at radius 1 is 1.06 bits per heavy atom. The molecule has 0 aromatic heterocycles. The third-order valence-electron chi connectivity index (χ3n) is 2.79. The number of aliphatic carboxylic acids is 1. The number of hydrogen-bond acceptors (Lipinski definition) is 2. The number of hydrogen-bond donors (Lipinski definition) is 1. The smallest absolute Gasteiger partial charge is 0.337 e. The van der Waals surface area contributed by atoms with E-state index in [1.807, 2.05) is 48.5 Å². The highest BCUT2D eigenvalue weighted by Crippen LogP contribution is 2.29. The molecular weight excluding hydrogens is 228 g/mol. The van der Waals surface area contributed by atoms with E-state index in [-0.39, 0.29) is 0 Å². The van der Waals surface area contributed by atoms with E-state index >= 15 is 0 Å². The molecule has 18 heavy (non-hydrogen) atoms. The maximum atomic E-state index is 11.2. The zero-order valence-electron chi connectivity index (χ0n) is 10.0. The summed E-state index contributed by atoms with van der Waals surface area (Å²) in [4.78, 5) is 11.2. The quantitative estimate of drug-likeness (QED) is 0.896. The molecule has 0 aliphatic carbocycles. The average molecular weight is 242 g/mol. The Morgan fingerprint density at radius 2 is 1.67 bits per heavy atom. The van der Waals surface area contributed by atoms with Crippen molar-refractivity contribution in [3.05, 3.63) is 60.2 Å². The second-order valence-corrected chi connectivity index (χ2v) is 3.91. The molecular formula is C15H14O3. The van der Waals surface area contributed by atoms with Gasteiger partial charge in [-0.05, 0) is 16.7 Å². The molecule has 3 heteroatoms. The van der Waals surface area contributed by atoms with Gasteiger partial charge in [-0.25, -0.2) is 4.79 Å². The van der Waals surface area contributed by atoms with Gasteiger partial charge in [-0.15, -0.1) is 0 Å². The van der Waals surface area contributed by atoms with Crippen LogP contribution in [0.25, 0.3) is 11.1 Å². The second-order valence-electron chi connectivity index (χ2n) is 3.91. The van der Waals surface area contributed by atoms with Crippen LogP contribution in [0.5, 0.6) is 0 Å². The van der Waals surface area contributed by atoms with Gasteiger partial charge in [-0.3, -0.25) is 0 Å².